The smallest absolute Gasteiger partial charge is 0.255 e. The Bertz CT molecular complexity index is 560. The first-order valence-corrected chi connectivity index (χ1v) is 7.07. The van der Waals surface area contributed by atoms with Gasteiger partial charge < -0.3 is 9.26 Å². The first-order valence-electron chi connectivity index (χ1n) is 7.07. The highest BCUT2D eigenvalue weighted by Crippen LogP contribution is 2.47. The van der Waals surface area contributed by atoms with Gasteiger partial charge in [0, 0.05) is 19.5 Å². The van der Waals surface area contributed by atoms with E-state index in [9.17, 15) is 0 Å². The largest absolute Gasteiger partial charge is 0.372 e. The summed E-state index contributed by atoms with van der Waals surface area (Å²) in [5, 5.41) is 4.22. The first-order chi connectivity index (χ1) is 9.80. The molecule has 0 amide bonds. The van der Waals surface area contributed by atoms with Crippen molar-refractivity contribution in [2.45, 2.75) is 44.1 Å². The summed E-state index contributed by atoms with van der Waals surface area (Å²) >= 11 is 0. The fraction of sp³-hybridized carbons (Fsp3) is 0.533. The molecule has 0 N–H and O–H groups in total. The molecule has 20 heavy (non-hydrogen) atoms. The minimum absolute atomic E-state index is 0.100. The van der Waals surface area contributed by atoms with Crippen LogP contribution in [0.3, 0.4) is 0 Å². The van der Waals surface area contributed by atoms with Crippen LogP contribution in [0.4, 0.5) is 0 Å². The number of methoxy groups -OCH3 is 1. The molecular formula is C15H19N3O2. The van der Waals surface area contributed by atoms with Crippen LogP contribution in [0.5, 0.6) is 0 Å². The van der Waals surface area contributed by atoms with Crippen molar-refractivity contribution in [3.8, 4) is 0 Å². The first kappa shape index (κ1) is 13.2. The van der Waals surface area contributed by atoms with Crippen LogP contribution in [0.1, 0.15) is 56.0 Å². The van der Waals surface area contributed by atoms with Crippen LogP contribution in [0, 0.1) is 0 Å². The van der Waals surface area contributed by atoms with Gasteiger partial charge in [0.2, 0.25) is 0 Å². The number of aromatic nitrogens is 3. The molecule has 0 aliphatic heterocycles. The third kappa shape index (κ3) is 2.02. The molecule has 0 aromatic carbocycles. The van der Waals surface area contributed by atoms with Gasteiger partial charge in [-0.15, -0.1) is 0 Å². The Morgan fingerprint density at radius 3 is 2.65 bits per heavy atom. The molecule has 5 heteroatoms. The van der Waals surface area contributed by atoms with Gasteiger partial charge in [-0.3, -0.25) is 4.98 Å². The Kier molecular flexibility index (Phi) is 3.53. The van der Waals surface area contributed by atoms with Crippen LogP contribution in [0.2, 0.25) is 0 Å². The molecule has 1 aliphatic carbocycles. The monoisotopic (exact) mass is 273 g/mol. The highest BCUT2D eigenvalue weighted by Gasteiger charge is 2.44. The van der Waals surface area contributed by atoms with Crippen LogP contribution in [-0.4, -0.2) is 22.2 Å². The zero-order valence-corrected chi connectivity index (χ0v) is 11.9. The zero-order chi connectivity index (χ0) is 14.0. The highest BCUT2D eigenvalue weighted by molar-refractivity contribution is 5.34. The number of hydrogen-bond donors (Lipinski definition) is 0. The van der Waals surface area contributed by atoms with Gasteiger partial charge in [-0.25, -0.2) is 0 Å². The Labute approximate surface area is 118 Å². The summed E-state index contributed by atoms with van der Waals surface area (Å²) in [6.07, 6.45) is 7.64. The van der Waals surface area contributed by atoms with Crippen LogP contribution in [0.25, 0.3) is 0 Å². The van der Waals surface area contributed by atoms with E-state index >= 15 is 0 Å². The fourth-order valence-electron chi connectivity index (χ4n) is 2.85. The van der Waals surface area contributed by atoms with Gasteiger partial charge in [-0.1, -0.05) is 18.5 Å². The van der Waals surface area contributed by atoms with Crippen molar-refractivity contribution < 1.29 is 9.26 Å². The molecule has 1 unspecified atom stereocenters. The van der Waals surface area contributed by atoms with E-state index < -0.39 is 0 Å². The number of rotatable bonds is 5. The Morgan fingerprint density at radius 2 is 2.10 bits per heavy atom. The number of ether oxygens (including phenoxy) is 1. The fourth-order valence-corrected chi connectivity index (χ4v) is 2.85. The standard InChI is InChI=1S/C15H19N3O2/c1-3-12(19-2)13-17-14(18-20-13)15(7-4-8-15)11-5-9-16-10-6-11/h5-6,9-10,12H,3-4,7-8H2,1-2H3. The van der Waals surface area contributed by atoms with Gasteiger partial charge in [0.05, 0.1) is 5.41 Å². The van der Waals surface area contributed by atoms with Gasteiger partial charge in [-0.05, 0) is 37.0 Å². The van der Waals surface area contributed by atoms with E-state index in [0.717, 1.165) is 25.1 Å². The molecule has 1 aliphatic rings. The maximum Gasteiger partial charge on any atom is 0.255 e. The predicted octanol–water partition coefficient (Wildman–Crippen LogP) is 3.03. The summed E-state index contributed by atoms with van der Waals surface area (Å²) in [5.74, 6) is 1.35. The van der Waals surface area contributed by atoms with Crippen LogP contribution >= 0.6 is 0 Å². The summed E-state index contributed by atoms with van der Waals surface area (Å²) in [6.45, 7) is 2.04. The van der Waals surface area contributed by atoms with Crippen molar-refractivity contribution in [3.05, 3.63) is 41.8 Å². The second kappa shape index (κ2) is 5.32. The van der Waals surface area contributed by atoms with Crippen molar-refractivity contribution in [2.75, 3.05) is 7.11 Å². The highest BCUT2D eigenvalue weighted by atomic mass is 16.5. The maximum absolute atomic E-state index is 5.41. The van der Waals surface area contributed by atoms with E-state index in [1.165, 1.54) is 12.0 Å². The van der Waals surface area contributed by atoms with Gasteiger partial charge >= 0.3 is 0 Å². The van der Waals surface area contributed by atoms with E-state index in [1.54, 1.807) is 7.11 Å². The molecule has 5 nitrogen and oxygen atoms in total. The zero-order valence-electron chi connectivity index (χ0n) is 11.9. The maximum atomic E-state index is 5.41. The Hall–Kier alpha value is -1.75. The SMILES string of the molecule is CCC(OC)c1nc(C2(c3ccncc3)CCC2)no1. The van der Waals surface area contributed by atoms with Crippen molar-refractivity contribution >= 4 is 0 Å². The molecule has 1 fully saturated rings. The van der Waals surface area contributed by atoms with Crippen molar-refractivity contribution in [1.29, 1.82) is 0 Å². The molecule has 2 aromatic heterocycles. The normalized spacial score (nSPS) is 18.5. The molecule has 1 atom stereocenters. The van der Waals surface area contributed by atoms with E-state index in [4.69, 9.17) is 9.26 Å². The summed E-state index contributed by atoms with van der Waals surface area (Å²) in [7, 11) is 1.67. The molecule has 0 bridgehead atoms. The number of pyridine rings is 1. The van der Waals surface area contributed by atoms with Crippen molar-refractivity contribution in [3.63, 3.8) is 0 Å². The molecule has 3 rings (SSSR count). The molecular weight excluding hydrogens is 254 g/mol. The van der Waals surface area contributed by atoms with Crippen LogP contribution in [-0.2, 0) is 10.2 Å². The van der Waals surface area contributed by atoms with Gasteiger partial charge in [0.15, 0.2) is 5.82 Å². The van der Waals surface area contributed by atoms with E-state index in [2.05, 4.69) is 15.1 Å². The Balaban J connectivity index is 1.95. The molecule has 2 heterocycles. The quantitative estimate of drug-likeness (QED) is 0.838. The third-order valence-electron chi connectivity index (χ3n) is 4.24. The van der Waals surface area contributed by atoms with E-state index in [1.807, 2.05) is 31.5 Å². The minimum atomic E-state index is -0.120. The predicted molar refractivity (Wildman–Crippen MR) is 73.2 cm³/mol. The topological polar surface area (TPSA) is 61.0 Å². The molecule has 106 valence electrons. The third-order valence-corrected chi connectivity index (χ3v) is 4.24. The van der Waals surface area contributed by atoms with Crippen molar-refractivity contribution in [1.82, 2.24) is 15.1 Å². The molecule has 0 spiro atoms. The summed E-state index contributed by atoms with van der Waals surface area (Å²) in [6, 6.07) is 4.09. The number of hydrogen-bond acceptors (Lipinski definition) is 5. The second-order valence-electron chi connectivity index (χ2n) is 5.26. The lowest BCUT2D eigenvalue weighted by Crippen LogP contribution is -2.36. The van der Waals surface area contributed by atoms with Crippen molar-refractivity contribution in [2.24, 2.45) is 0 Å². The van der Waals surface area contributed by atoms with E-state index in [0.29, 0.717) is 5.89 Å². The van der Waals surface area contributed by atoms with Gasteiger partial charge in [-0.2, -0.15) is 4.98 Å². The number of nitrogens with zero attached hydrogens (tertiary/aromatic N) is 3. The molecule has 0 saturated heterocycles. The average molecular weight is 273 g/mol. The van der Waals surface area contributed by atoms with Crippen LogP contribution < -0.4 is 0 Å². The van der Waals surface area contributed by atoms with Crippen LogP contribution in [0.15, 0.2) is 29.0 Å². The molecule has 2 aromatic rings. The summed E-state index contributed by atoms with van der Waals surface area (Å²) in [5.41, 5.74) is 1.12. The Morgan fingerprint density at radius 1 is 1.35 bits per heavy atom. The lowest BCUT2D eigenvalue weighted by Gasteiger charge is -2.39. The molecule has 0 radical (unpaired) electrons. The minimum Gasteiger partial charge on any atom is -0.372 e. The van der Waals surface area contributed by atoms with E-state index in [-0.39, 0.29) is 11.5 Å². The lowest BCUT2D eigenvalue weighted by atomic mass is 9.64. The lowest BCUT2D eigenvalue weighted by molar-refractivity contribution is 0.0706. The van der Waals surface area contributed by atoms with Gasteiger partial charge in [0.25, 0.3) is 5.89 Å². The van der Waals surface area contributed by atoms with Gasteiger partial charge in [0.1, 0.15) is 6.10 Å². The molecule has 1 saturated carbocycles. The summed E-state index contributed by atoms with van der Waals surface area (Å²) in [4.78, 5) is 8.69. The summed E-state index contributed by atoms with van der Waals surface area (Å²) < 4.78 is 10.8. The average Bonchev–Trinajstić information content (AvgIpc) is 2.90. The second-order valence-corrected chi connectivity index (χ2v) is 5.26.